The molecule has 7 nitrogen and oxygen atoms in total. The Morgan fingerprint density at radius 3 is 2.53 bits per heavy atom. The predicted octanol–water partition coefficient (Wildman–Crippen LogP) is 3.22. The molecule has 1 unspecified atom stereocenters. The van der Waals surface area contributed by atoms with Gasteiger partial charge >= 0.3 is 0 Å². The van der Waals surface area contributed by atoms with Crippen LogP contribution < -0.4 is 20.1 Å². The van der Waals surface area contributed by atoms with Gasteiger partial charge in [-0.05, 0) is 49.2 Å². The fourth-order valence-corrected chi connectivity index (χ4v) is 3.78. The minimum atomic E-state index is 0.218. The molecular weight excluding hydrogens is 404 g/mol. The lowest BCUT2D eigenvalue weighted by Gasteiger charge is -2.35. The summed E-state index contributed by atoms with van der Waals surface area (Å²) in [5, 5.41) is 6.91. The van der Waals surface area contributed by atoms with Gasteiger partial charge < -0.3 is 24.8 Å². The summed E-state index contributed by atoms with van der Waals surface area (Å²) in [5.74, 6) is 2.55. The fourth-order valence-electron chi connectivity index (χ4n) is 3.78. The zero-order valence-corrected chi connectivity index (χ0v) is 19.5. The molecule has 0 aromatic heterocycles. The van der Waals surface area contributed by atoms with Crippen LogP contribution in [0.4, 0.5) is 0 Å². The van der Waals surface area contributed by atoms with Crippen LogP contribution in [0.25, 0.3) is 0 Å². The van der Waals surface area contributed by atoms with Crippen molar-refractivity contribution < 1.29 is 14.2 Å². The molecule has 1 heterocycles. The predicted molar refractivity (Wildman–Crippen MR) is 129 cm³/mol. The van der Waals surface area contributed by atoms with Crippen molar-refractivity contribution in [2.24, 2.45) is 4.99 Å². The summed E-state index contributed by atoms with van der Waals surface area (Å²) in [4.78, 5) is 7.26. The van der Waals surface area contributed by atoms with E-state index in [0.29, 0.717) is 13.2 Å². The zero-order valence-electron chi connectivity index (χ0n) is 19.5. The lowest BCUT2D eigenvalue weighted by molar-refractivity contribution is 0.0170. The molecule has 3 rings (SSSR count). The van der Waals surface area contributed by atoms with Gasteiger partial charge in [0, 0.05) is 26.2 Å². The van der Waals surface area contributed by atoms with Crippen LogP contribution in [0, 0.1) is 0 Å². The topological polar surface area (TPSA) is 67.4 Å². The van der Waals surface area contributed by atoms with Gasteiger partial charge in [0.2, 0.25) is 0 Å². The highest BCUT2D eigenvalue weighted by Gasteiger charge is 2.23. The third kappa shape index (κ3) is 7.14. The highest BCUT2D eigenvalue weighted by molar-refractivity contribution is 5.79. The molecule has 1 saturated heterocycles. The molecule has 7 heteroatoms. The Balaban J connectivity index is 1.70. The van der Waals surface area contributed by atoms with Gasteiger partial charge in [0.05, 0.1) is 39.5 Å². The van der Waals surface area contributed by atoms with Crippen molar-refractivity contribution in [3.8, 4) is 11.5 Å². The number of nitrogens with one attached hydrogen (secondary N) is 2. The van der Waals surface area contributed by atoms with Crippen molar-refractivity contribution in [2.45, 2.75) is 26.4 Å². The number of hydrogen-bond donors (Lipinski definition) is 2. The lowest BCUT2D eigenvalue weighted by Crippen LogP contribution is -2.46. The molecule has 0 bridgehead atoms. The Labute approximate surface area is 191 Å². The Morgan fingerprint density at radius 2 is 1.84 bits per heavy atom. The number of guanidine groups is 1. The number of nitrogens with zero attached hydrogens (tertiary/aromatic N) is 2. The molecule has 1 atom stereocenters. The fraction of sp³-hybridized carbons (Fsp3) is 0.480. The summed E-state index contributed by atoms with van der Waals surface area (Å²) in [7, 11) is 1.69. The van der Waals surface area contributed by atoms with E-state index in [1.54, 1.807) is 7.11 Å². The van der Waals surface area contributed by atoms with Gasteiger partial charge in [0.1, 0.15) is 11.5 Å². The first kappa shape index (κ1) is 23.9. The van der Waals surface area contributed by atoms with Gasteiger partial charge in [0.25, 0.3) is 0 Å². The number of aliphatic imine (C=N–C) groups is 1. The summed E-state index contributed by atoms with van der Waals surface area (Å²) < 4.78 is 16.5. The minimum absolute atomic E-state index is 0.218. The summed E-state index contributed by atoms with van der Waals surface area (Å²) >= 11 is 0. The van der Waals surface area contributed by atoms with E-state index in [0.717, 1.165) is 62.4 Å². The number of ether oxygens (including phenoxy) is 3. The van der Waals surface area contributed by atoms with E-state index in [9.17, 15) is 0 Å². The van der Waals surface area contributed by atoms with Crippen molar-refractivity contribution in [3.05, 3.63) is 59.7 Å². The third-order valence-electron chi connectivity index (χ3n) is 5.42. The molecule has 0 radical (unpaired) electrons. The molecule has 1 fully saturated rings. The Hall–Kier alpha value is -2.77. The molecule has 0 amide bonds. The second kappa shape index (κ2) is 12.9. The highest BCUT2D eigenvalue weighted by atomic mass is 16.5. The number of hydrogen-bond acceptors (Lipinski definition) is 5. The Kier molecular flexibility index (Phi) is 9.65. The molecular formula is C25H36N4O3. The van der Waals surface area contributed by atoms with Gasteiger partial charge in [-0.1, -0.05) is 24.3 Å². The summed E-state index contributed by atoms with van der Waals surface area (Å²) in [6.45, 7) is 10.2. The van der Waals surface area contributed by atoms with E-state index in [4.69, 9.17) is 19.2 Å². The van der Waals surface area contributed by atoms with Gasteiger partial charge in [-0.25, -0.2) is 4.99 Å². The number of rotatable bonds is 10. The number of morpholine rings is 1. The van der Waals surface area contributed by atoms with Crippen LogP contribution in [0.2, 0.25) is 0 Å². The molecule has 2 aromatic rings. The highest BCUT2D eigenvalue weighted by Crippen LogP contribution is 2.23. The van der Waals surface area contributed by atoms with E-state index in [1.807, 2.05) is 37.3 Å². The van der Waals surface area contributed by atoms with E-state index < -0.39 is 0 Å². The molecule has 2 N–H and O–H groups in total. The molecule has 0 aliphatic carbocycles. The monoisotopic (exact) mass is 440 g/mol. The maximum atomic E-state index is 5.61. The molecule has 0 spiro atoms. The van der Waals surface area contributed by atoms with Gasteiger partial charge in [-0.3, -0.25) is 4.90 Å². The normalized spacial score (nSPS) is 15.8. The Morgan fingerprint density at radius 1 is 1.06 bits per heavy atom. The van der Waals surface area contributed by atoms with Crippen molar-refractivity contribution in [2.75, 3.05) is 53.1 Å². The minimum Gasteiger partial charge on any atom is -0.497 e. The first-order valence-electron chi connectivity index (χ1n) is 11.4. The smallest absolute Gasteiger partial charge is 0.191 e. The van der Waals surface area contributed by atoms with Crippen LogP contribution in [0.15, 0.2) is 53.5 Å². The molecule has 32 heavy (non-hydrogen) atoms. The van der Waals surface area contributed by atoms with Gasteiger partial charge in [-0.2, -0.15) is 0 Å². The van der Waals surface area contributed by atoms with Crippen LogP contribution >= 0.6 is 0 Å². The first-order valence-corrected chi connectivity index (χ1v) is 11.4. The van der Waals surface area contributed by atoms with Crippen molar-refractivity contribution in [3.63, 3.8) is 0 Å². The number of methoxy groups -OCH3 is 1. The van der Waals surface area contributed by atoms with Crippen LogP contribution in [0.5, 0.6) is 11.5 Å². The first-order chi connectivity index (χ1) is 15.7. The maximum absolute atomic E-state index is 5.61. The summed E-state index contributed by atoms with van der Waals surface area (Å²) in [5.41, 5.74) is 2.37. The Bertz CT molecular complexity index is 835. The van der Waals surface area contributed by atoms with Crippen LogP contribution in [-0.4, -0.2) is 64.0 Å². The molecule has 174 valence electrons. The SMILES string of the molecule is CCNC(=NCc1cccc(OCC)c1)NCC(c1ccc(OC)cc1)N1CCOCC1. The molecule has 0 saturated carbocycles. The van der Waals surface area contributed by atoms with E-state index in [-0.39, 0.29) is 6.04 Å². The van der Waals surface area contributed by atoms with E-state index in [2.05, 4.69) is 40.7 Å². The maximum Gasteiger partial charge on any atom is 0.191 e. The van der Waals surface area contributed by atoms with Gasteiger partial charge in [0.15, 0.2) is 5.96 Å². The van der Waals surface area contributed by atoms with E-state index in [1.165, 1.54) is 5.56 Å². The van der Waals surface area contributed by atoms with Crippen LogP contribution in [-0.2, 0) is 11.3 Å². The van der Waals surface area contributed by atoms with Crippen molar-refractivity contribution >= 4 is 5.96 Å². The summed E-state index contributed by atoms with van der Waals surface area (Å²) in [6, 6.07) is 16.6. The molecule has 1 aliphatic rings. The van der Waals surface area contributed by atoms with Crippen LogP contribution in [0.1, 0.15) is 31.0 Å². The lowest BCUT2D eigenvalue weighted by atomic mass is 10.0. The van der Waals surface area contributed by atoms with Gasteiger partial charge in [-0.15, -0.1) is 0 Å². The standard InChI is InChI=1S/C25H36N4O3/c1-4-26-25(27-18-20-7-6-8-23(17-20)32-5-2)28-19-24(29-13-15-31-16-14-29)21-9-11-22(30-3)12-10-21/h6-12,17,24H,4-5,13-16,18-19H2,1-3H3,(H2,26,27,28). The number of benzene rings is 2. The average Bonchev–Trinajstić information content (AvgIpc) is 2.84. The van der Waals surface area contributed by atoms with Crippen molar-refractivity contribution in [1.82, 2.24) is 15.5 Å². The quantitative estimate of drug-likeness (QED) is 0.437. The third-order valence-corrected chi connectivity index (χ3v) is 5.42. The average molecular weight is 441 g/mol. The molecule has 2 aromatic carbocycles. The zero-order chi connectivity index (χ0) is 22.6. The van der Waals surface area contributed by atoms with E-state index >= 15 is 0 Å². The largest absolute Gasteiger partial charge is 0.497 e. The van der Waals surface area contributed by atoms with Crippen LogP contribution in [0.3, 0.4) is 0 Å². The van der Waals surface area contributed by atoms with Crippen molar-refractivity contribution in [1.29, 1.82) is 0 Å². The molecule has 1 aliphatic heterocycles. The summed E-state index contributed by atoms with van der Waals surface area (Å²) in [6.07, 6.45) is 0. The second-order valence-corrected chi connectivity index (χ2v) is 7.59. The second-order valence-electron chi connectivity index (χ2n) is 7.59.